The maximum Gasteiger partial charge on any atom is 0.410 e. The van der Waals surface area contributed by atoms with E-state index in [-0.39, 0.29) is 6.09 Å². The van der Waals surface area contributed by atoms with Crippen LogP contribution in [0.1, 0.15) is 65.7 Å². The van der Waals surface area contributed by atoms with Crippen LogP contribution < -0.4 is 0 Å². The summed E-state index contributed by atoms with van der Waals surface area (Å²) in [5, 5.41) is 0. The summed E-state index contributed by atoms with van der Waals surface area (Å²) in [7, 11) is 0. The summed E-state index contributed by atoms with van der Waals surface area (Å²) in [4.78, 5) is 19.4. The normalized spacial score (nSPS) is 25.4. The SMILES string of the molecule is CC(C)(C)OC(=O)N1CCN(CC2CCN(C3CCCCC3)CC2)CC1. The van der Waals surface area contributed by atoms with E-state index in [0.29, 0.717) is 0 Å². The Hall–Kier alpha value is -0.810. The van der Waals surface area contributed by atoms with E-state index in [0.717, 1.165) is 38.1 Å². The van der Waals surface area contributed by atoms with Gasteiger partial charge in [0.05, 0.1) is 0 Å². The third-order valence-electron chi connectivity index (χ3n) is 6.28. The molecule has 3 fully saturated rings. The maximum absolute atomic E-state index is 12.2. The van der Waals surface area contributed by atoms with Gasteiger partial charge in [-0.05, 0) is 65.5 Å². The van der Waals surface area contributed by atoms with Crippen LogP contribution in [0.2, 0.25) is 0 Å². The zero-order valence-corrected chi connectivity index (χ0v) is 17.2. The number of ether oxygens (including phenoxy) is 1. The van der Waals surface area contributed by atoms with Crippen LogP contribution in [-0.4, -0.2) is 78.2 Å². The summed E-state index contributed by atoms with van der Waals surface area (Å²) in [5.74, 6) is 0.836. The molecule has 2 saturated heterocycles. The highest BCUT2D eigenvalue weighted by atomic mass is 16.6. The predicted molar refractivity (Wildman–Crippen MR) is 105 cm³/mol. The fourth-order valence-corrected chi connectivity index (χ4v) is 4.75. The van der Waals surface area contributed by atoms with Crippen molar-refractivity contribution in [2.45, 2.75) is 77.4 Å². The number of carbonyl (C=O) groups is 1. The van der Waals surface area contributed by atoms with Crippen LogP contribution in [0.3, 0.4) is 0 Å². The van der Waals surface area contributed by atoms with Crippen molar-refractivity contribution in [3.63, 3.8) is 0 Å². The average molecular weight is 366 g/mol. The van der Waals surface area contributed by atoms with Crippen molar-refractivity contribution in [1.82, 2.24) is 14.7 Å². The Balaban J connectivity index is 1.34. The highest BCUT2D eigenvalue weighted by molar-refractivity contribution is 5.68. The molecule has 0 N–H and O–H groups in total. The first kappa shape index (κ1) is 19.9. The number of hydrogen-bond donors (Lipinski definition) is 0. The second-order valence-corrected chi connectivity index (χ2v) is 9.54. The number of hydrogen-bond acceptors (Lipinski definition) is 4. The third-order valence-corrected chi connectivity index (χ3v) is 6.28. The van der Waals surface area contributed by atoms with E-state index < -0.39 is 5.60 Å². The van der Waals surface area contributed by atoms with Crippen molar-refractivity contribution in [3.8, 4) is 0 Å². The molecule has 1 aliphatic carbocycles. The van der Waals surface area contributed by atoms with Gasteiger partial charge >= 0.3 is 6.09 Å². The van der Waals surface area contributed by atoms with Crippen molar-refractivity contribution in [1.29, 1.82) is 0 Å². The monoisotopic (exact) mass is 365 g/mol. The molecule has 5 nitrogen and oxygen atoms in total. The molecule has 2 heterocycles. The number of amides is 1. The molecule has 0 aromatic rings. The van der Waals surface area contributed by atoms with Crippen LogP contribution >= 0.6 is 0 Å². The largest absolute Gasteiger partial charge is 0.444 e. The van der Waals surface area contributed by atoms with Crippen LogP contribution in [0, 0.1) is 5.92 Å². The molecule has 5 heteroatoms. The molecule has 0 unspecified atom stereocenters. The first-order valence-electron chi connectivity index (χ1n) is 10.8. The predicted octanol–water partition coefficient (Wildman–Crippen LogP) is 3.58. The number of likely N-dealkylation sites (tertiary alicyclic amines) is 1. The lowest BCUT2D eigenvalue weighted by Gasteiger charge is -2.41. The quantitative estimate of drug-likeness (QED) is 0.766. The minimum Gasteiger partial charge on any atom is -0.444 e. The van der Waals surface area contributed by atoms with E-state index in [2.05, 4.69) is 9.80 Å². The molecule has 3 rings (SSSR count). The van der Waals surface area contributed by atoms with E-state index in [1.807, 2.05) is 25.7 Å². The van der Waals surface area contributed by atoms with E-state index in [4.69, 9.17) is 4.74 Å². The summed E-state index contributed by atoms with van der Waals surface area (Å²) in [5.41, 5.74) is -0.402. The lowest BCUT2D eigenvalue weighted by Crippen LogP contribution is -2.51. The maximum atomic E-state index is 12.2. The van der Waals surface area contributed by atoms with Crippen molar-refractivity contribution in [2.75, 3.05) is 45.8 Å². The van der Waals surface area contributed by atoms with Gasteiger partial charge in [-0.1, -0.05) is 19.3 Å². The van der Waals surface area contributed by atoms with E-state index in [1.165, 1.54) is 64.6 Å². The Morgan fingerprint density at radius 3 is 2.08 bits per heavy atom. The minimum absolute atomic E-state index is 0.155. The van der Waals surface area contributed by atoms with Crippen LogP contribution in [0.25, 0.3) is 0 Å². The Bertz CT molecular complexity index is 441. The lowest BCUT2D eigenvalue weighted by molar-refractivity contribution is 0.0116. The third kappa shape index (κ3) is 5.85. The van der Waals surface area contributed by atoms with Gasteiger partial charge in [-0.3, -0.25) is 4.90 Å². The zero-order valence-electron chi connectivity index (χ0n) is 17.2. The van der Waals surface area contributed by atoms with Gasteiger partial charge in [-0.15, -0.1) is 0 Å². The minimum atomic E-state index is -0.402. The second-order valence-electron chi connectivity index (χ2n) is 9.54. The van der Waals surface area contributed by atoms with Gasteiger partial charge in [0.25, 0.3) is 0 Å². The Morgan fingerprint density at radius 2 is 1.50 bits per heavy atom. The molecule has 0 bridgehead atoms. The first-order chi connectivity index (χ1) is 12.4. The number of carbonyl (C=O) groups excluding carboxylic acids is 1. The van der Waals surface area contributed by atoms with Gasteiger partial charge in [0.1, 0.15) is 5.60 Å². The molecule has 2 aliphatic heterocycles. The lowest BCUT2D eigenvalue weighted by atomic mass is 9.90. The molecule has 1 saturated carbocycles. The van der Waals surface area contributed by atoms with Gasteiger partial charge in [0.15, 0.2) is 0 Å². The Morgan fingerprint density at radius 1 is 0.885 bits per heavy atom. The van der Waals surface area contributed by atoms with Crippen LogP contribution in [0.5, 0.6) is 0 Å². The van der Waals surface area contributed by atoms with E-state index >= 15 is 0 Å². The zero-order chi connectivity index (χ0) is 18.6. The van der Waals surface area contributed by atoms with Gasteiger partial charge < -0.3 is 14.5 Å². The van der Waals surface area contributed by atoms with Crippen molar-refractivity contribution in [2.24, 2.45) is 5.92 Å². The second kappa shape index (κ2) is 8.92. The summed E-state index contributed by atoms with van der Waals surface area (Å²) >= 11 is 0. The van der Waals surface area contributed by atoms with Gasteiger partial charge in [0, 0.05) is 38.8 Å². The summed E-state index contributed by atoms with van der Waals surface area (Å²) in [6.45, 7) is 13.2. The molecular formula is C21H39N3O2. The van der Waals surface area contributed by atoms with Gasteiger partial charge in [0.2, 0.25) is 0 Å². The Kier molecular flexibility index (Phi) is 6.84. The molecule has 0 spiro atoms. The molecule has 150 valence electrons. The van der Waals surface area contributed by atoms with Crippen LogP contribution in [0.15, 0.2) is 0 Å². The number of nitrogens with zero attached hydrogens (tertiary/aromatic N) is 3. The molecule has 0 aromatic carbocycles. The number of piperidine rings is 1. The molecule has 26 heavy (non-hydrogen) atoms. The van der Waals surface area contributed by atoms with Crippen molar-refractivity contribution in [3.05, 3.63) is 0 Å². The molecule has 0 radical (unpaired) electrons. The molecule has 1 amide bonds. The summed E-state index contributed by atoms with van der Waals surface area (Å²) in [6.07, 6.45) is 9.72. The fraction of sp³-hybridized carbons (Fsp3) is 0.952. The van der Waals surface area contributed by atoms with Crippen molar-refractivity contribution < 1.29 is 9.53 Å². The molecular weight excluding hydrogens is 326 g/mol. The van der Waals surface area contributed by atoms with Crippen LogP contribution in [-0.2, 0) is 4.74 Å². The smallest absolute Gasteiger partial charge is 0.410 e. The molecule has 3 aliphatic rings. The standard InChI is InChI=1S/C21H39N3O2/c1-21(2,3)26-20(25)24-15-13-22(14-16-24)17-18-9-11-23(12-10-18)19-7-5-4-6-8-19/h18-19H,4-17H2,1-3H3. The van der Waals surface area contributed by atoms with E-state index in [1.54, 1.807) is 0 Å². The first-order valence-corrected chi connectivity index (χ1v) is 10.8. The molecule has 0 atom stereocenters. The number of piperazine rings is 1. The fourth-order valence-electron chi connectivity index (χ4n) is 4.75. The molecule has 0 aromatic heterocycles. The topological polar surface area (TPSA) is 36.0 Å². The summed E-state index contributed by atoms with van der Waals surface area (Å²) < 4.78 is 5.49. The van der Waals surface area contributed by atoms with Crippen molar-refractivity contribution >= 4 is 6.09 Å². The highest BCUT2D eigenvalue weighted by Crippen LogP contribution is 2.27. The number of rotatable bonds is 3. The highest BCUT2D eigenvalue weighted by Gasteiger charge is 2.29. The van der Waals surface area contributed by atoms with Gasteiger partial charge in [-0.2, -0.15) is 0 Å². The average Bonchev–Trinajstić information content (AvgIpc) is 2.62. The Labute approximate surface area is 160 Å². The summed E-state index contributed by atoms with van der Waals surface area (Å²) in [6, 6.07) is 0.877. The van der Waals surface area contributed by atoms with E-state index in [9.17, 15) is 4.79 Å². The van der Waals surface area contributed by atoms with Gasteiger partial charge in [-0.25, -0.2) is 4.79 Å². The van der Waals surface area contributed by atoms with Crippen LogP contribution in [0.4, 0.5) is 4.79 Å².